The summed E-state index contributed by atoms with van der Waals surface area (Å²) < 4.78 is 0. The Kier molecular flexibility index (Phi) is 4.53. The van der Waals surface area contributed by atoms with Gasteiger partial charge in [-0.1, -0.05) is 19.1 Å². The normalized spacial score (nSPS) is 17.8. The van der Waals surface area contributed by atoms with Crippen molar-refractivity contribution in [2.75, 3.05) is 13.1 Å². The summed E-state index contributed by atoms with van der Waals surface area (Å²) in [6.45, 7) is 7.63. The van der Waals surface area contributed by atoms with Gasteiger partial charge < -0.3 is 9.88 Å². The molecule has 1 amide bonds. The molecule has 1 aliphatic heterocycles. The lowest BCUT2D eigenvalue weighted by Gasteiger charge is -2.31. The summed E-state index contributed by atoms with van der Waals surface area (Å²) in [5, 5.41) is 1.03. The number of aromatic amines is 1. The number of piperidine rings is 1. The van der Waals surface area contributed by atoms with Gasteiger partial charge in [0.25, 0.3) is 5.91 Å². The molecule has 3 aromatic rings. The lowest BCUT2D eigenvalue weighted by molar-refractivity contribution is 0.0709. The number of hydrogen-bond donors (Lipinski definition) is 1. The topological polar surface area (TPSA) is 61.9 Å². The van der Waals surface area contributed by atoms with E-state index in [0.717, 1.165) is 64.8 Å². The van der Waals surface area contributed by atoms with Gasteiger partial charge in [0.15, 0.2) is 0 Å². The Bertz CT molecular complexity index is 958. The summed E-state index contributed by atoms with van der Waals surface area (Å²) in [7, 11) is 0. The number of aryl methyl sites for hydroxylation is 3. The van der Waals surface area contributed by atoms with E-state index < -0.39 is 0 Å². The van der Waals surface area contributed by atoms with Gasteiger partial charge in [-0.2, -0.15) is 0 Å². The summed E-state index contributed by atoms with van der Waals surface area (Å²) in [6, 6.07) is 6.20. The minimum absolute atomic E-state index is 0.122. The maximum absolute atomic E-state index is 13.0. The van der Waals surface area contributed by atoms with Crippen molar-refractivity contribution in [3.63, 3.8) is 0 Å². The van der Waals surface area contributed by atoms with Crippen LogP contribution in [-0.2, 0) is 6.42 Å². The Balaban J connectivity index is 1.57. The van der Waals surface area contributed by atoms with Gasteiger partial charge >= 0.3 is 0 Å². The van der Waals surface area contributed by atoms with E-state index in [2.05, 4.69) is 35.9 Å². The van der Waals surface area contributed by atoms with Crippen molar-refractivity contribution in [3.05, 3.63) is 45.2 Å². The summed E-state index contributed by atoms with van der Waals surface area (Å²) in [6.07, 6.45) is 2.94. The van der Waals surface area contributed by atoms with Crippen LogP contribution in [0.2, 0.25) is 0 Å². The van der Waals surface area contributed by atoms with Crippen LogP contribution >= 0.6 is 11.3 Å². The molecule has 0 spiro atoms. The van der Waals surface area contributed by atoms with Gasteiger partial charge in [0.2, 0.25) is 0 Å². The van der Waals surface area contributed by atoms with Crippen LogP contribution in [0.1, 0.15) is 57.4 Å². The average molecular weight is 369 g/mol. The third-order valence-electron chi connectivity index (χ3n) is 5.17. The molecule has 0 saturated carbocycles. The standard InChI is InChI=1S/C20H24N4OS/c1-4-16-21-13(3)18(26-16)20(25)24-10-6-8-14(11-24)19-22-15-9-5-7-12(2)17(15)23-19/h5,7,9,14H,4,6,8,10-11H2,1-3H3,(H,22,23)/t14-/m1/s1. The number of para-hydroxylation sites is 1. The Morgan fingerprint density at radius 2 is 2.19 bits per heavy atom. The zero-order chi connectivity index (χ0) is 18.3. The molecule has 1 fully saturated rings. The Morgan fingerprint density at radius 1 is 1.35 bits per heavy atom. The number of fused-ring (bicyclic) bond motifs is 1. The molecule has 3 heterocycles. The molecule has 26 heavy (non-hydrogen) atoms. The van der Waals surface area contributed by atoms with Crippen LogP contribution in [-0.4, -0.2) is 38.8 Å². The van der Waals surface area contributed by atoms with E-state index in [-0.39, 0.29) is 11.8 Å². The number of H-pyrrole nitrogens is 1. The first-order valence-corrected chi connectivity index (χ1v) is 10.1. The molecular weight excluding hydrogens is 344 g/mol. The molecule has 0 unspecified atom stereocenters. The first kappa shape index (κ1) is 17.2. The quantitative estimate of drug-likeness (QED) is 0.753. The van der Waals surface area contributed by atoms with Crippen molar-refractivity contribution >= 4 is 28.3 Å². The van der Waals surface area contributed by atoms with Crippen molar-refractivity contribution in [2.24, 2.45) is 0 Å². The summed E-state index contributed by atoms with van der Waals surface area (Å²) in [4.78, 5) is 28.6. The second-order valence-electron chi connectivity index (χ2n) is 7.06. The predicted octanol–water partition coefficient (Wildman–Crippen LogP) is 4.22. The molecule has 1 aliphatic rings. The fraction of sp³-hybridized carbons (Fsp3) is 0.450. The van der Waals surface area contributed by atoms with Crippen molar-refractivity contribution in [3.8, 4) is 0 Å². The molecule has 0 bridgehead atoms. The Morgan fingerprint density at radius 3 is 2.92 bits per heavy atom. The number of rotatable bonds is 3. The lowest BCUT2D eigenvalue weighted by atomic mass is 9.97. The number of carbonyl (C=O) groups is 1. The number of imidazole rings is 1. The molecule has 1 atom stereocenters. The smallest absolute Gasteiger partial charge is 0.265 e. The molecular formula is C20H24N4OS. The zero-order valence-electron chi connectivity index (χ0n) is 15.5. The second-order valence-corrected chi connectivity index (χ2v) is 8.14. The maximum Gasteiger partial charge on any atom is 0.265 e. The van der Waals surface area contributed by atoms with Crippen molar-refractivity contribution in [1.29, 1.82) is 0 Å². The fourth-order valence-corrected chi connectivity index (χ4v) is 4.69. The number of benzene rings is 1. The molecule has 1 saturated heterocycles. The third kappa shape index (κ3) is 3.03. The highest BCUT2D eigenvalue weighted by Crippen LogP contribution is 2.29. The van der Waals surface area contributed by atoms with Gasteiger partial charge in [-0.15, -0.1) is 11.3 Å². The first-order valence-electron chi connectivity index (χ1n) is 9.27. The number of nitrogens with zero attached hydrogens (tertiary/aromatic N) is 3. The van der Waals surface area contributed by atoms with E-state index in [1.165, 1.54) is 16.9 Å². The summed E-state index contributed by atoms with van der Waals surface area (Å²) in [5.41, 5.74) is 4.16. The highest BCUT2D eigenvalue weighted by atomic mass is 32.1. The molecule has 1 aromatic carbocycles. The lowest BCUT2D eigenvalue weighted by Crippen LogP contribution is -2.39. The Labute approximate surface area is 157 Å². The van der Waals surface area contributed by atoms with Gasteiger partial charge in [-0.3, -0.25) is 4.79 Å². The van der Waals surface area contributed by atoms with Gasteiger partial charge in [-0.05, 0) is 44.7 Å². The molecule has 6 heteroatoms. The van der Waals surface area contributed by atoms with Crippen LogP contribution in [0.25, 0.3) is 11.0 Å². The molecule has 1 N–H and O–H groups in total. The van der Waals surface area contributed by atoms with Gasteiger partial charge in [-0.25, -0.2) is 9.97 Å². The van der Waals surface area contributed by atoms with Crippen molar-refractivity contribution in [1.82, 2.24) is 19.9 Å². The first-order chi connectivity index (χ1) is 12.6. The number of hydrogen-bond acceptors (Lipinski definition) is 4. The predicted molar refractivity (Wildman–Crippen MR) is 105 cm³/mol. The molecule has 4 rings (SSSR count). The van der Waals surface area contributed by atoms with E-state index in [1.807, 2.05) is 17.9 Å². The average Bonchev–Trinajstić information content (AvgIpc) is 3.25. The number of amides is 1. The number of nitrogens with one attached hydrogen (secondary N) is 1. The Hall–Kier alpha value is -2.21. The molecule has 2 aromatic heterocycles. The molecule has 5 nitrogen and oxygen atoms in total. The van der Waals surface area contributed by atoms with Crippen LogP contribution in [0.4, 0.5) is 0 Å². The van der Waals surface area contributed by atoms with E-state index in [1.54, 1.807) is 0 Å². The van der Waals surface area contributed by atoms with Crippen LogP contribution in [0.3, 0.4) is 0 Å². The number of likely N-dealkylation sites (tertiary alicyclic amines) is 1. The fourth-order valence-electron chi connectivity index (χ4n) is 3.72. The van der Waals surface area contributed by atoms with E-state index in [9.17, 15) is 4.79 Å². The SMILES string of the molecule is CCc1nc(C)c(C(=O)N2CCC[C@@H](c3nc4c(C)cccc4[nH]3)C2)s1. The molecule has 0 aliphatic carbocycles. The van der Waals surface area contributed by atoms with E-state index in [4.69, 9.17) is 4.98 Å². The number of carbonyl (C=O) groups excluding carboxylic acids is 1. The van der Waals surface area contributed by atoms with Crippen molar-refractivity contribution < 1.29 is 4.79 Å². The monoisotopic (exact) mass is 368 g/mol. The van der Waals surface area contributed by atoms with Crippen molar-refractivity contribution in [2.45, 2.75) is 46.0 Å². The van der Waals surface area contributed by atoms with Crippen LogP contribution < -0.4 is 0 Å². The summed E-state index contributed by atoms with van der Waals surface area (Å²) in [5.74, 6) is 1.39. The van der Waals surface area contributed by atoms with Crippen LogP contribution in [0.15, 0.2) is 18.2 Å². The second kappa shape index (κ2) is 6.83. The van der Waals surface area contributed by atoms with Gasteiger partial charge in [0.1, 0.15) is 10.7 Å². The maximum atomic E-state index is 13.0. The van der Waals surface area contributed by atoms with Crippen LogP contribution in [0, 0.1) is 13.8 Å². The van der Waals surface area contributed by atoms with Crippen LogP contribution in [0.5, 0.6) is 0 Å². The van der Waals surface area contributed by atoms with E-state index in [0.29, 0.717) is 0 Å². The zero-order valence-corrected chi connectivity index (χ0v) is 16.3. The summed E-state index contributed by atoms with van der Waals surface area (Å²) >= 11 is 1.54. The van der Waals surface area contributed by atoms with E-state index >= 15 is 0 Å². The highest BCUT2D eigenvalue weighted by Gasteiger charge is 2.29. The molecule has 136 valence electrons. The molecule has 0 radical (unpaired) electrons. The minimum atomic E-state index is 0.122. The highest BCUT2D eigenvalue weighted by molar-refractivity contribution is 7.13. The minimum Gasteiger partial charge on any atom is -0.342 e. The van der Waals surface area contributed by atoms with Gasteiger partial charge in [0.05, 0.1) is 21.7 Å². The largest absolute Gasteiger partial charge is 0.342 e. The number of thiazole rings is 1. The third-order valence-corrected chi connectivity index (χ3v) is 6.46. The number of aromatic nitrogens is 3. The van der Waals surface area contributed by atoms with Gasteiger partial charge in [0, 0.05) is 19.0 Å².